The van der Waals surface area contributed by atoms with Crippen LogP contribution in [-0.4, -0.2) is 42.7 Å². The largest absolute Gasteiger partial charge is 0.480 e. The molecule has 0 spiro atoms. The molecule has 3 N–H and O–H groups in total. The van der Waals surface area contributed by atoms with Crippen LogP contribution in [-0.2, 0) is 26.0 Å². The fourth-order valence-corrected chi connectivity index (χ4v) is 2.88. The second-order valence-electron chi connectivity index (χ2n) is 4.06. The molecule has 1 aromatic heterocycles. The van der Waals surface area contributed by atoms with Crippen molar-refractivity contribution in [3.05, 3.63) is 11.1 Å². The highest BCUT2D eigenvalue weighted by Gasteiger charge is 2.19. The first-order valence-corrected chi connectivity index (χ1v) is 8.36. The van der Waals surface area contributed by atoms with Gasteiger partial charge in [0.1, 0.15) is 6.04 Å². The first kappa shape index (κ1) is 16.9. The second-order valence-corrected chi connectivity index (χ2v) is 6.67. The van der Waals surface area contributed by atoms with Crippen molar-refractivity contribution in [2.75, 3.05) is 11.0 Å². The van der Waals surface area contributed by atoms with Gasteiger partial charge in [0, 0.05) is 11.8 Å². The third-order valence-electron chi connectivity index (χ3n) is 2.12. The van der Waals surface area contributed by atoms with Crippen molar-refractivity contribution in [1.82, 2.24) is 10.3 Å². The van der Waals surface area contributed by atoms with Crippen LogP contribution < -0.4 is 10.0 Å². The maximum absolute atomic E-state index is 11.7. The molecule has 1 amide bonds. The van der Waals surface area contributed by atoms with Gasteiger partial charge in [0.05, 0.1) is 18.4 Å². The summed E-state index contributed by atoms with van der Waals surface area (Å²) in [6, 6.07) is -1.16. The number of thiazole rings is 1. The van der Waals surface area contributed by atoms with E-state index in [2.05, 4.69) is 20.9 Å². The Morgan fingerprint density at radius 1 is 1.57 bits per heavy atom. The molecule has 1 atom stereocenters. The summed E-state index contributed by atoms with van der Waals surface area (Å²) in [6.45, 7) is 0. The van der Waals surface area contributed by atoms with E-state index in [0.717, 1.165) is 17.6 Å². The summed E-state index contributed by atoms with van der Waals surface area (Å²) in [5.74, 6) is 0.378. The van der Waals surface area contributed by atoms with E-state index in [-0.39, 0.29) is 18.0 Å². The average Bonchev–Trinajstić information content (AvgIpc) is 2.73. The molecule has 0 fully saturated rings. The van der Waals surface area contributed by atoms with Crippen molar-refractivity contribution < 1.29 is 23.1 Å². The predicted octanol–water partition coefficient (Wildman–Crippen LogP) is -0.350. The van der Waals surface area contributed by atoms with E-state index in [9.17, 15) is 18.0 Å². The second kappa shape index (κ2) is 7.05. The first-order chi connectivity index (χ1) is 9.71. The van der Waals surface area contributed by atoms with Crippen molar-refractivity contribution in [3.63, 3.8) is 0 Å². The number of hydrogen-bond donors (Lipinski definition) is 3. The summed E-state index contributed by atoms with van der Waals surface area (Å²) in [7, 11) is -3.43. The van der Waals surface area contributed by atoms with E-state index >= 15 is 0 Å². The van der Waals surface area contributed by atoms with Gasteiger partial charge in [0.2, 0.25) is 15.9 Å². The molecule has 1 heterocycles. The fraction of sp³-hybridized carbons (Fsp3) is 0.364. The third kappa shape index (κ3) is 6.24. The van der Waals surface area contributed by atoms with Crippen LogP contribution in [0.25, 0.3) is 0 Å². The molecule has 0 radical (unpaired) electrons. The lowest BCUT2D eigenvalue weighted by atomic mass is 10.2. The van der Waals surface area contributed by atoms with E-state index in [0.29, 0.717) is 5.69 Å². The van der Waals surface area contributed by atoms with E-state index in [1.165, 1.54) is 5.38 Å². The number of amides is 1. The summed E-state index contributed by atoms with van der Waals surface area (Å²) < 4.78 is 24.2. The van der Waals surface area contributed by atoms with Crippen molar-refractivity contribution >= 4 is 38.4 Å². The summed E-state index contributed by atoms with van der Waals surface area (Å²) in [5.41, 5.74) is 0.327. The van der Waals surface area contributed by atoms with Crippen molar-refractivity contribution in [1.29, 1.82) is 0 Å². The number of rotatable bonds is 7. The highest BCUT2D eigenvalue weighted by atomic mass is 32.2. The Hall–Kier alpha value is -2.12. The van der Waals surface area contributed by atoms with Crippen molar-refractivity contribution in [2.24, 2.45) is 0 Å². The van der Waals surface area contributed by atoms with Gasteiger partial charge in [-0.05, 0) is 0 Å². The Balaban J connectivity index is 2.63. The van der Waals surface area contributed by atoms with Gasteiger partial charge in [-0.15, -0.1) is 23.7 Å². The molecule has 1 aromatic rings. The van der Waals surface area contributed by atoms with E-state index in [1.54, 1.807) is 0 Å². The minimum atomic E-state index is -3.43. The van der Waals surface area contributed by atoms with E-state index in [4.69, 9.17) is 11.5 Å². The molecular formula is C11H13N3O5S2. The van der Waals surface area contributed by atoms with Gasteiger partial charge < -0.3 is 10.4 Å². The van der Waals surface area contributed by atoms with Crippen molar-refractivity contribution in [3.8, 4) is 12.3 Å². The molecular weight excluding hydrogens is 318 g/mol. The molecule has 21 heavy (non-hydrogen) atoms. The van der Waals surface area contributed by atoms with Crippen LogP contribution in [0, 0.1) is 12.3 Å². The Bertz CT molecular complexity index is 674. The number of anilines is 1. The number of nitrogens with zero attached hydrogens (tertiary/aromatic N) is 1. The first-order valence-electron chi connectivity index (χ1n) is 5.59. The summed E-state index contributed by atoms with van der Waals surface area (Å²) in [4.78, 5) is 26.4. The van der Waals surface area contributed by atoms with Gasteiger partial charge in [-0.3, -0.25) is 9.52 Å². The molecule has 8 nitrogen and oxygen atoms in total. The van der Waals surface area contributed by atoms with Gasteiger partial charge in [-0.1, -0.05) is 0 Å². The normalized spacial score (nSPS) is 12.2. The van der Waals surface area contributed by atoms with Crippen LogP contribution in [0.4, 0.5) is 5.13 Å². The monoisotopic (exact) mass is 331 g/mol. The van der Waals surface area contributed by atoms with Gasteiger partial charge in [-0.25, -0.2) is 18.2 Å². The van der Waals surface area contributed by atoms with Crippen molar-refractivity contribution in [2.45, 2.75) is 18.9 Å². The lowest BCUT2D eigenvalue weighted by molar-refractivity contribution is -0.141. The quantitative estimate of drug-likeness (QED) is 0.586. The minimum absolute atomic E-state index is 0.126. The maximum atomic E-state index is 11.7. The van der Waals surface area contributed by atoms with Crippen LogP contribution in [0.5, 0.6) is 0 Å². The van der Waals surface area contributed by atoms with Gasteiger partial charge in [0.15, 0.2) is 5.13 Å². The molecule has 0 aliphatic heterocycles. The molecule has 0 bridgehead atoms. The number of carbonyl (C=O) groups is 2. The van der Waals surface area contributed by atoms with E-state index in [1.807, 2.05) is 0 Å². The molecule has 0 aliphatic carbocycles. The Kier molecular flexibility index (Phi) is 5.69. The topological polar surface area (TPSA) is 125 Å². The van der Waals surface area contributed by atoms with Gasteiger partial charge >= 0.3 is 5.97 Å². The molecule has 114 valence electrons. The number of nitrogens with one attached hydrogen (secondary N) is 2. The van der Waals surface area contributed by atoms with Crippen LogP contribution in [0.15, 0.2) is 5.38 Å². The summed E-state index contributed by atoms with van der Waals surface area (Å²) >= 11 is 1.02. The standard InChI is InChI=1S/C11H13N3O5S2/c1-3-4-8(10(16)17)13-9(15)5-7-6-20-11(12-7)14-21(2,18)19/h1,6,8H,4-5H2,2H3,(H,12,14)(H,13,15)(H,16,17). The highest BCUT2D eigenvalue weighted by Crippen LogP contribution is 2.16. The summed E-state index contributed by atoms with van der Waals surface area (Å²) in [6.07, 6.45) is 5.71. The molecule has 0 aromatic carbocycles. The summed E-state index contributed by atoms with van der Waals surface area (Å²) in [5, 5.41) is 12.8. The zero-order valence-electron chi connectivity index (χ0n) is 11.0. The lowest BCUT2D eigenvalue weighted by Gasteiger charge is -2.10. The SMILES string of the molecule is C#CCC(NC(=O)Cc1csc(NS(C)(=O)=O)n1)C(=O)O. The number of terminal acetylenes is 1. The molecule has 0 aliphatic rings. The Morgan fingerprint density at radius 2 is 2.24 bits per heavy atom. The van der Waals surface area contributed by atoms with E-state index < -0.39 is 27.9 Å². The zero-order chi connectivity index (χ0) is 16.0. The molecule has 1 unspecified atom stereocenters. The number of carboxylic acids is 1. The average molecular weight is 331 g/mol. The number of carboxylic acid groups (broad SMARTS) is 1. The fourth-order valence-electron chi connectivity index (χ4n) is 1.32. The van der Waals surface area contributed by atoms with Crippen LogP contribution in [0.1, 0.15) is 12.1 Å². The molecule has 1 rings (SSSR count). The van der Waals surface area contributed by atoms with Gasteiger partial charge in [-0.2, -0.15) is 0 Å². The smallest absolute Gasteiger partial charge is 0.327 e. The Labute approximate surface area is 125 Å². The number of hydrogen-bond acceptors (Lipinski definition) is 6. The number of aromatic nitrogens is 1. The lowest BCUT2D eigenvalue weighted by Crippen LogP contribution is -2.41. The minimum Gasteiger partial charge on any atom is -0.480 e. The number of sulfonamides is 1. The molecule has 10 heteroatoms. The zero-order valence-corrected chi connectivity index (χ0v) is 12.6. The molecule has 0 saturated heterocycles. The van der Waals surface area contributed by atoms with Crippen LogP contribution in [0.2, 0.25) is 0 Å². The maximum Gasteiger partial charge on any atom is 0.327 e. The van der Waals surface area contributed by atoms with Crippen LogP contribution >= 0.6 is 11.3 Å². The predicted molar refractivity (Wildman–Crippen MR) is 77.3 cm³/mol. The third-order valence-corrected chi connectivity index (χ3v) is 3.62. The highest BCUT2D eigenvalue weighted by molar-refractivity contribution is 7.92. The van der Waals surface area contributed by atoms with Gasteiger partial charge in [0.25, 0.3) is 0 Å². The number of carbonyl (C=O) groups excluding carboxylic acids is 1. The Morgan fingerprint density at radius 3 is 2.76 bits per heavy atom. The van der Waals surface area contributed by atoms with Crippen LogP contribution in [0.3, 0.4) is 0 Å². The molecule has 0 saturated carbocycles. The number of aliphatic carboxylic acids is 1.